The van der Waals surface area contributed by atoms with E-state index in [0.29, 0.717) is 0 Å². The van der Waals surface area contributed by atoms with Crippen molar-refractivity contribution < 1.29 is 13.2 Å². The largest absolute Gasteiger partial charge is 0.389 e. The number of nitrogens with one attached hydrogen (secondary N) is 1. The van der Waals surface area contributed by atoms with Crippen molar-refractivity contribution in [3.63, 3.8) is 0 Å². The first-order chi connectivity index (χ1) is 9.46. The summed E-state index contributed by atoms with van der Waals surface area (Å²) in [6.45, 7) is 3.28. The summed E-state index contributed by atoms with van der Waals surface area (Å²) in [5, 5.41) is 3.24. The molecule has 1 aromatic carbocycles. The van der Waals surface area contributed by atoms with Crippen molar-refractivity contribution in [3.8, 4) is 0 Å². The molecule has 0 radical (unpaired) electrons. The van der Waals surface area contributed by atoms with Gasteiger partial charge in [-0.05, 0) is 46.7 Å². The molecule has 2 rings (SSSR count). The van der Waals surface area contributed by atoms with Crippen molar-refractivity contribution in [2.75, 3.05) is 26.2 Å². The molecule has 1 saturated heterocycles. The smallest absolute Gasteiger partial charge is 0.314 e. The number of piperazine rings is 1. The average molecular weight is 398 g/mol. The number of alkyl halides is 3. The molecule has 20 heavy (non-hydrogen) atoms. The second kappa shape index (κ2) is 7.09. The summed E-state index contributed by atoms with van der Waals surface area (Å²) in [4.78, 5) is 2.16. The molecule has 1 aliphatic heterocycles. The van der Waals surface area contributed by atoms with Gasteiger partial charge >= 0.3 is 6.18 Å². The van der Waals surface area contributed by atoms with E-state index in [1.54, 1.807) is 0 Å². The van der Waals surface area contributed by atoms with Crippen molar-refractivity contribution in [3.05, 3.63) is 33.4 Å². The third-order valence-electron chi connectivity index (χ3n) is 3.53. The Morgan fingerprint density at radius 1 is 1.25 bits per heavy atom. The van der Waals surface area contributed by atoms with Gasteiger partial charge in [0.1, 0.15) is 0 Å². The molecule has 1 atom stereocenters. The van der Waals surface area contributed by atoms with E-state index in [0.717, 1.165) is 35.3 Å². The van der Waals surface area contributed by atoms with Crippen LogP contribution in [-0.4, -0.2) is 37.3 Å². The van der Waals surface area contributed by atoms with Crippen molar-refractivity contribution in [1.29, 1.82) is 0 Å². The van der Waals surface area contributed by atoms with E-state index in [-0.39, 0.29) is 12.5 Å². The molecular formula is C14H18F3IN2. The zero-order valence-corrected chi connectivity index (χ0v) is 13.2. The number of halogens is 4. The number of benzene rings is 1. The summed E-state index contributed by atoms with van der Waals surface area (Å²) < 4.78 is 38.7. The lowest BCUT2D eigenvalue weighted by Gasteiger charge is -2.35. The van der Waals surface area contributed by atoms with Crippen molar-refractivity contribution >= 4 is 22.6 Å². The molecule has 1 heterocycles. The monoisotopic (exact) mass is 398 g/mol. The van der Waals surface area contributed by atoms with Crippen molar-refractivity contribution in [2.24, 2.45) is 0 Å². The summed E-state index contributed by atoms with van der Waals surface area (Å²) in [6, 6.07) is 7.66. The van der Waals surface area contributed by atoms with E-state index in [4.69, 9.17) is 0 Å². The van der Waals surface area contributed by atoms with E-state index in [2.05, 4.69) is 32.8 Å². The highest BCUT2D eigenvalue weighted by atomic mass is 127. The van der Waals surface area contributed by atoms with E-state index in [1.165, 1.54) is 0 Å². The standard InChI is InChI=1S/C14H18F3IN2/c15-14(16,17)5-4-13(20-8-6-19-7-9-20)11-2-1-3-12(18)10-11/h1-3,10,13,19H,4-9H2/t13-/m1/s1. The second-order valence-electron chi connectivity index (χ2n) is 5.01. The van der Waals surface area contributed by atoms with Gasteiger partial charge < -0.3 is 5.32 Å². The zero-order chi connectivity index (χ0) is 14.6. The van der Waals surface area contributed by atoms with Crippen LogP contribution in [-0.2, 0) is 0 Å². The van der Waals surface area contributed by atoms with E-state index in [9.17, 15) is 13.2 Å². The minimum Gasteiger partial charge on any atom is -0.314 e. The lowest BCUT2D eigenvalue weighted by atomic mass is 9.99. The molecule has 1 aromatic rings. The number of nitrogens with zero attached hydrogens (tertiary/aromatic N) is 1. The summed E-state index contributed by atoms with van der Waals surface area (Å²) in [6.07, 6.45) is -4.69. The van der Waals surface area contributed by atoms with Gasteiger partial charge in [0.25, 0.3) is 0 Å². The van der Waals surface area contributed by atoms with Gasteiger partial charge in [-0.15, -0.1) is 0 Å². The lowest BCUT2D eigenvalue weighted by Crippen LogP contribution is -2.45. The van der Waals surface area contributed by atoms with Gasteiger partial charge in [0, 0.05) is 42.2 Å². The van der Waals surface area contributed by atoms with Crippen LogP contribution in [0.25, 0.3) is 0 Å². The van der Waals surface area contributed by atoms with Gasteiger partial charge in [-0.3, -0.25) is 4.90 Å². The highest BCUT2D eigenvalue weighted by Gasteiger charge is 2.31. The minimum atomic E-state index is -4.09. The molecule has 2 nitrogen and oxygen atoms in total. The first-order valence-electron chi connectivity index (χ1n) is 6.73. The number of hydrogen-bond acceptors (Lipinski definition) is 2. The predicted molar refractivity (Wildman–Crippen MR) is 81.6 cm³/mol. The molecule has 1 aliphatic rings. The Kier molecular flexibility index (Phi) is 5.68. The van der Waals surface area contributed by atoms with Gasteiger partial charge in [0.2, 0.25) is 0 Å². The van der Waals surface area contributed by atoms with Crippen LogP contribution >= 0.6 is 22.6 Å². The number of hydrogen-bond donors (Lipinski definition) is 1. The maximum atomic E-state index is 12.5. The molecule has 0 bridgehead atoms. The fourth-order valence-electron chi connectivity index (χ4n) is 2.57. The third-order valence-corrected chi connectivity index (χ3v) is 4.20. The van der Waals surface area contributed by atoms with Gasteiger partial charge in [-0.2, -0.15) is 13.2 Å². The van der Waals surface area contributed by atoms with Crippen LogP contribution < -0.4 is 5.32 Å². The Bertz CT molecular complexity index is 431. The summed E-state index contributed by atoms with van der Waals surface area (Å²) in [7, 11) is 0. The van der Waals surface area contributed by atoms with Crippen LogP contribution in [0.2, 0.25) is 0 Å². The molecule has 0 spiro atoms. The predicted octanol–water partition coefficient (Wildman–Crippen LogP) is 3.58. The van der Waals surface area contributed by atoms with Crippen LogP contribution in [0.3, 0.4) is 0 Å². The van der Waals surface area contributed by atoms with Crippen LogP contribution in [0.5, 0.6) is 0 Å². The molecule has 0 aliphatic carbocycles. The van der Waals surface area contributed by atoms with Crippen LogP contribution in [0.1, 0.15) is 24.4 Å². The van der Waals surface area contributed by atoms with Crippen LogP contribution in [0.15, 0.2) is 24.3 Å². The zero-order valence-electron chi connectivity index (χ0n) is 11.1. The van der Waals surface area contributed by atoms with Gasteiger partial charge in [0.05, 0.1) is 0 Å². The summed E-state index contributed by atoms with van der Waals surface area (Å²) in [5.41, 5.74) is 0.989. The quantitative estimate of drug-likeness (QED) is 0.781. The Labute approximate surface area is 130 Å². The maximum Gasteiger partial charge on any atom is 0.389 e. The van der Waals surface area contributed by atoms with Gasteiger partial charge in [-0.25, -0.2) is 0 Å². The van der Waals surface area contributed by atoms with Crippen LogP contribution in [0.4, 0.5) is 13.2 Å². The molecule has 6 heteroatoms. The van der Waals surface area contributed by atoms with E-state index >= 15 is 0 Å². The summed E-state index contributed by atoms with van der Waals surface area (Å²) >= 11 is 2.20. The Morgan fingerprint density at radius 3 is 2.55 bits per heavy atom. The molecular weight excluding hydrogens is 380 g/mol. The lowest BCUT2D eigenvalue weighted by molar-refractivity contribution is -0.138. The van der Waals surface area contributed by atoms with E-state index in [1.807, 2.05) is 24.3 Å². The molecule has 0 aromatic heterocycles. The minimum absolute atomic E-state index is 0.129. The first-order valence-corrected chi connectivity index (χ1v) is 7.80. The molecule has 1 N–H and O–H groups in total. The van der Waals surface area contributed by atoms with Gasteiger partial charge in [0.15, 0.2) is 0 Å². The third kappa shape index (κ3) is 4.89. The van der Waals surface area contributed by atoms with Crippen LogP contribution in [0, 0.1) is 3.57 Å². The maximum absolute atomic E-state index is 12.5. The highest BCUT2D eigenvalue weighted by Crippen LogP contribution is 2.32. The normalized spacial score (nSPS) is 19.0. The number of rotatable bonds is 4. The Morgan fingerprint density at radius 2 is 1.95 bits per heavy atom. The fraction of sp³-hybridized carbons (Fsp3) is 0.571. The highest BCUT2D eigenvalue weighted by molar-refractivity contribution is 14.1. The van der Waals surface area contributed by atoms with E-state index < -0.39 is 12.6 Å². The molecule has 0 amide bonds. The molecule has 112 valence electrons. The average Bonchev–Trinajstić information content (AvgIpc) is 2.39. The Hall–Kier alpha value is -0.340. The van der Waals surface area contributed by atoms with Gasteiger partial charge in [-0.1, -0.05) is 12.1 Å². The van der Waals surface area contributed by atoms with Crippen molar-refractivity contribution in [2.45, 2.75) is 25.1 Å². The Balaban J connectivity index is 2.14. The second-order valence-corrected chi connectivity index (χ2v) is 6.26. The summed E-state index contributed by atoms with van der Waals surface area (Å²) in [5.74, 6) is 0. The molecule has 1 fully saturated rings. The topological polar surface area (TPSA) is 15.3 Å². The SMILES string of the molecule is FC(F)(F)CC[C@H](c1cccc(I)c1)N1CCNCC1. The molecule has 0 saturated carbocycles. The van der Waals surface area contributed by atoms with Crippen molar-refractivity contribution in [1.82, 2.24) is 10.2 Å². The fourth-order valence-corrected chi connectivity index (χ4v) is 3.14. The molecule has 0 unspecified atom stereocenters. The first kappa shape index (κ1) is 16.0.